The van der Waals surface area contributed by atoms with Crippen molar-refractivity contribution in [2.45, 2.75) is 58.7 Å². The van der Waals surface area contributed by atoms with Crippen LogP contribution >= 0.6 is 11.3 Å². The van der Waals surface area contributed by atoms with Gasteiger partial charge in [-0.05, 0) is 69.3 Å². The third-order valence-electron chi connectivity index (χ3n) is 5.51. The number of thiophene rings is 1. The number of hydrogen-bond acceptors (Lipinski definition) is 4. The first-order valence-electron chi connectivity index (χ1n) is 10.5. The highest BCUT2D eigenvalue weighted by Gasteiger charge is 2.49. The van der Waals surface area contributed by atoms with Gasteiger partial charge < -0.3 is 5.32 Å². The molecule has 1 aliphatic heterocycles. The van der Waals surface area contributed by atoms with E-state index in [0.717, 1.165) is 17.0 Å². The van der Waals surface area contributed by atoms with Gasteiger partial charge in [-0.3, -0.25) is 19.2 Å². The van der Waals surface area contributed by atoms with Gasteiger partial charge in [0.1, 0.15) is 16.9 Å². The van der Waals surface area contributed by atoms with Gasteiger partial charge in [0.15, 0.2) is 0 Å². The molecule has 0 saturated carbocycles. The molecule has 1 unspecified atom stereocenters. The molecule has 0 radical (unpaired) electrons. The lowest BCUT2D eigenvalue weighted by molar-refractivity contribution is -0.128. The van der Waals surface area contributed by atoms with E-state index in [4.69, 9.17) is 0 Å². The highest BCUT2D eigenvalue weighted by molar-refractivity contribution is 7.13. The van der Waals surface area contributed by atoms with Crippen LogP contribution in [0, 0.1) is 0 Å². The summed E-state index contributed by atoms with van der Waals surface area (Å²) in [4.78, 5) is 29.8. The Labute approximate surface area is 186 Å². The van der Waals surface area contributed by atoms with Gasteiger partial charge in [0.05, 0.1) is 11.4 Å². The van der Waals surface area contributed by atoms with E-state index in [9.17, 15) is 9.59 Å². The first-order chi connectivity index (χ1) is 14.6. The Balaban J connectivity index is 1.82. The number of anilines is 1. The Hall–Kier alpha value is -2.93. The predicted molar refractivity (Wildman–Crippen MR) is 124 cm³/mol. The Bertz CT molecular complexity index is 1110. The number of aryl methyl sites for hydroxylation is 1. The van der Waals surface area contributed by atoms with Gasteiger partial charge in [-0.15, -0.1) is 11.3 Å². The molecule has 2 aromatic heterocycles. The van der Waals surface area contributed by atoms with Crippen molar-refractivity contribution < 1.29 is 9.59 Å². The Kier molecular flexibility index (Phi) is 5.25. The maximum atomic E-state index is 13.7. The number of benzene rings is 1. The van der Waals surface area contributed by atoms with Crippen molar-refractivity contribution >= 4 is 28.8 Å². The van der Waals surface area contributed by atoms with Crippen LogP contribution in [0.15, 0.2) is 47.8 Å². The standard InChI is InChI=1S/C24H28N4O2S/c1-6-16-9-11-17(12-10-16)28-21(29)19-14-18(20-8-7-13-31-20)26-27(19)15-24(28,5)22(30)25-23(2,3)4/h7-14H,6,15H2,1-5H3,(H,25,30). The number of hydrogen-bond donors (Lipinski definition) is 1. The van der Waals surface area contributed by atoms with Gasteiger partial charge in [-0.1, -0.05) is 25.1 Å². The minimum atomic E-state index is -1.12. The van der Waals surface area contributed by atoms with E-state index in [1.807, 2.05) is 75.5 Å². The number of nitrogens with zero attached hydrogens (tertiary/aromatic N) is 3. The van der Waals surface area contributed by atoms with Crippen LogP contribution in [0.1, 0.15) is 50.7 Å². The fraction of sp³-hybridized carbons (Fsp3) is 0.375. The zero-order chi connectivity index (χ0) is 22.4. The average molecular weight is 437 g/mol. The molecule has 4 rings (SSSR count). The highest BCUT2D eigenvalue weighted by atomic mass is 32.1. The molecule has 31 heavy (non-hydrogen) atoms. The van der Waals surface area contributed by atoms with Crippen LogP contribution in [0.4, 0.5) is 5.69 Å². The number of amides is 2. The zero-order valence-electron chi connectivity index (χ0n) is 18.6. The molecular weight excluding hydrogens is 408 g/mol. The summed E-state index contributed by atoms with van der Waals surface area (Å²) in [5.74, 6) is -0.427. The molecule has 2 amide bonds. The third-order valence-corrected chi connectivity index (χ3v) is 6.40. The molecule has 162 valence electrons. The van der Waals surface area contributed by atoms with E-state index in [2.05, 4.69) is 17.3 Å². The first kappa shape index (κ1) is 21.3. The van der Waals surface area contributed by atoms with Crippen molar-refractivity contribution in [3.8, 4) is 10.6 Å². The molecule has 1 aliphatic rings. The topological polar surface area (TPSA) is 67.2 Å². The smallest absolute Gasteiger partial charge is 0.277 e. The van der Waals surface area contributed by atoms with Crippen LogP contribution in [0.2, 0.25) is 0 Å². The molecule has 0 saturated heterocycles. The lowest BCUT2D eigenvalue weighted by atomic mass is 9.92. The number of aromatic nitrogens is 2. The molecule has 1 aromatic carbocycles. The van der Waals surface area contributed by atoms with Crippen LogP contribution in [0.3, 0.4) is 0 Å². The molecular formula is C24H28N4O2S. The number of rotatable bonds is 4. The highest BCUT2D eigenvalue weighted by Crippen LogP contribution is 2.35. The van der Waals surface area contributed by atoms with E-state index < -0.39 is 11.1 Å². The molecule has 0 aliphatic carbocycles. The molecule has 3 aromatic rings. The molecule has 6 nitrogen and oxygen atoms in total. The number of nitrogens with one attached hydrogen (secondary N) is 1. The van der Waals surface area contributed by atoms with Crippen LogP contribution in [-0.4, -0.2) is 32.7 Å². The van der Waals surface area contributed by atoms with E-state index in [-0.39, 0.29) is 18.4 Å². The van der Waals surface area contributed by atoms with Crippen molar-refractivity contribution in [2.24, 2.45) is 0 Å². The van der Waals surface area contributed by atoms with Crippen LogP contribution in [0.5, 0.6) is 0 Å². The lowest BCUT2D eigenvalue weighted by Gasteiger charge is -2.44. The van der Waals surface area contributed by atoms with Crippen LogP contribution in [-0.2, 0) is 17.8 Å². The van der Waals surface area contributed by atoms with Crippen molar-refractivity contribution in [3.05, 3.63) is 59.1 Å². The van der Waals surface area contributed by atoms with Gasteiger partial charge in [-0.2, -0.15) is 5.10 Å². The summed E-state index contributed by atoms with van der Waals surface area (Å²) in [5.41, 5.74) is 1.58. The molecule has 7 heteroatoms. The van der Waals surface area contributed by atoms with Crippen molar-refractivity contribution in [2.75, 3.05) is 4.90 Å². The zero-order valence-corrected chi connectivity index (χ0v) is 19.4. The Morgan fingerprint density at radius 1 is 1.23 bits per heavy atom. The molecule has 1 atom stereocenters. The predicted octanol–water partition coefficient (Wildman–Crippen LogP) is 4.51. The van der Waals surface area contributed by atoms with Gasteiger partial charge in [0.2, 0.25) is 5.91 Å². The third kappa shape index (κ3) is 3.90. The van der Waals surface area contributed by atoms with Crippen LogP contribution in [0.25, 0.3) is 10.6 Å². The summed E-state index contributed by atoms with van der Waals surface area (Å²) >= 11 is 1.58. The number of carbonyl (C=O) groups excluding carboxylic acids is 2. The van der Waals surface area contributed by atoms with Gasteiger partial charge in [-0.25, -0.2) is 0 Å². The van der Waals surface area contributed by atoms with E-state index >= 15 is 0 Å². The van der Waals surface area contributed by atoms with Gasteiger partial charge in [0.25, 0.3) is 5.91 Å². The minimum absolute atomic E-state index is 0.202. The number of carbonyl (C=O) groups is 2. The Morgan fingerprint density at radius 2 is 1.94 bits per heavy atom. The summed E-state index contributed by atoms with van der Waals surface area (Å²) in [5, 5.41) is 9.72. The van der Waals surface area contributed by atoms with Gasteiger partial charge in [0, 0.05) is 11.2 Å². The molecule has 3 heterocycles. The fourth-order valence-electron chi connectivity index (χ4n) is 3.89. The average Bonchev–Trinajstić information content (AvgIpc) is 3.37. The molecule has 0 spiro atoms. The molecule has 0 fully saturated rings. The largest absolute Gasteiger partial charge is 0.349 e. The SMILES string of the molecule is CCc1ccc(N2C(=O)c3cc(-c4cccs4)nn3CC2(C)C(=O)NC(C)(C)C)cc1. The van der Waals surface area contributed by atoms with Gasteiger partial charge >= 0.3 is 0 Å². The van der Waals surface area contributed by atoms with E-state index in [1.54, 1.807) is 20.9 Å². The maximum Gasteiger partial charge on any atom is 0.277 e. The van der Waals surface area contributed by atoms with E-state index in [0.29, 0.717) is 11.4 Å². The second-order valence-corrected chi connectivity index (χ2v) is 10.1. The summed E-state index contributed by atoms with van der Waals surface area (Å²) in [7, 11) is 0. The molecule has 0 bridgehead atoms. The van der Waals surface area contributed by atoms with E-state index in [1.165, 1.54) is 5.56 Å². The summed E-state index contributed by atoms with van der Waals surface area (Å²) in [6.07, 6.45) is 0.910. The summed E-state index contributed by atoms with van der Waals surface area (Å²) < 4.78 is 1.68. The second kappa shape index (κ2) is 7.64. The first-order valence-corrected chi connectivity index (χ1v) is 11.4. The fourth-order valence-corrected chi connectivity index (χ4v) is 4.57. The van der Waals surface area contributed by atoms with Crippen LogP contribution < -0.4 is 10.2 Å². The summed E-state index contributed by atoms with van der Waals surface area (Å²) in [6.45, 7) is 9.99. The normalized spacial score (nSPS) is 18.7. The Morgan fingerprint density at radius 3 is 2.52 bits per heavy atom. The monoisotopic (exact) mass is 436 g/mol. The summed E-state index contributed by atoms with van der Waals surface area (Å²) in [6, 6.07) is 13.6. The number of fused-ring (bicyclic) bond motifs is 1. The minimum Gasteiger partial charge on any atom is -0.349 e. The van der Waals surface area contributed by atoms with Crippen molar-refractivity contribution in [1.29, 1.82) is 0 Å². The lowest BCUT2D eigenvalue weighted by Crippen LogP contribution is -2.66. The second-order valence-electron chi connectivity index (χ2n) is 9.19. The molecule has 1 N–H and O–H groups in total. The maximum absolute atomic E-state index is 13.7. The van der Waals surface area contributed by atoms with Crippen molar-refractivity contribution in [3.63, 3.8) is 0 Å². The van der Waals surface area contributed by atoms with Crippen molar-refractivity contribution in [1.82, 2.24) is 15.1 Å². The quantitative estimate of drug-likeness (QED) is 0.654.